The number of carbonyl (C=O) groups is 1. The number of ether oxygens (including phenoxy) is 1. The summed E-state index contributed by atoms with van der Waals surface area (Å²) in [5.74, 6) is -0.607. The molecule has 0 aromatic heterocycles. The predicted molar refractivity (Wildman–Crippen MR) is 70.4 cm³/mol. The number of nitrogens with one attached hydrogen (secondary N) is 1. The summed E-state index contributed by atoms with van der Waals surface area (Å²) in [5, 5.41) is 12.6. The Balaban J connectivity index is 2.09. The number of carboxylic acid groups (broad SMARTS) is 1. The summed E-state index contributed by atoms with van der Waals surface area (Å²) >= 11 is 5.90. The number of hydrogen-bond donors (Lipinski definition) is 2. The number of carboxylic acids is 1. The van der Waals surface area contributed by atoms with Gasteiger partial charge in [-0.3, -0.25) is 0 Å². The van der Waals surface area contributed by atoms with E-state index in [4.69, 9.17) is 21.4 Å². The molecule has 1 aliphatic rings. The van der Waals surface area contributed by atoms with Gasteiger partial charge in [0.2, 0.25) is 0 Å². The molecule has 0 radical (unpaired) electrons. The van der Waals surface area contributed by atoms with Gasteiger partial charge in [0.1, 0.15) is 5.56 Å². The van der Waals surface area contributed by atoms with Crippen LogP contribution < -0.4 is 5.32 Å². The maximum Gasteiger partial charge on any atom is 0.339 e. The van der Waals surface area contributed by atoms with E-state index >= 15 is 0 Å². The van der Waals surface area contributed by atoms with Crippen LogP contribution in [0.4, 0.5) is 5.69 Å². The van der Waals surface area contributed by atoms with Crippen molar-refractivity contribution < 1.29 is 14.6 Å². The van der Waals surface area contributed by atoms with E-state index in [-0.39, 0.29) is 16.7 Å². The highest BCUT2D eigenvalue weighted by atomic mass is 35.5. The van der Waals surface area contributed by atoms with E-state index in [1.165, 1.54) is 0 Å². The second-order valence-electron chi connectivity index (χ2n) is 4.47. The molecule has 98 valence electrons. The van der Waals surface area contributed by atoms with Crippen LogP contribution in [0.2, 0.25) is 5.02 Å². The van der Waals surface area contributed by atoms with Gasteiger partial charge in [0, 0.05) is 19.1 Å². The highest BCUT2D eigenvalue weighted by molar-refractivity contribution is 6.34. The van der Waals surface area contributed by atoms with Gasteiger partial charge in [-0.25, -0.2) is 4.79 Å². The quantitative estimate of drug-likeness (QED) is 0.882. The normalized spacial score (nSPS) is 23.0. The average molecular weight is 270 g/mol. The van der Waals surface area contributed by atoms with Crippen molar-refractivity contribution in [2.24, 2.45) is 5.92 Å². The Morgan fingerprint density at radius 1 is 1.61 bits per heavy atom. The molecule has 1 aromatic carbocycles. The highest BCUT2D eigenvalue weighted by Gasteiger charge is 2.24. The molecule has 2 N–H and O–H groups in total. The van der Waals surface area contributed by atoms with Crippen molar-refractivity contribution >= 4 is 23.3 Å². The molecule has 5 heteroatoms. The lowest BCUT2D eigenvalue weighted by Gasteiger charge is -2.17. The number of aromatic carboxylic acids is 1. The minimum atomic E-state index is -1.01. The van der Waals surface area contributed by atoms with Gasteiger partial charge in [0.25, 0.3) is 0 Å². The molecule has 1 heterocycles. The number of anilines is 1. The summed E-state index contributed by atoms with van der Waals surface area (Å²) in [5.41, 5.74) is 0.694. The van der Waals surface area contributed by atoms with Crippen molar-refractivity contribution in [2.75, 3.05) is 18.5 Å². The molecule has 2 unspecified atom stereocenters. The summed E-state index contributed by atoms with van der Waals surface area (Å²) in [4.78, 5) is 11.2. The maximum absolute atomic E-state index is 11.2. The summed E-state index contributed by atoms with van der Waals surface area (Å²) < 4.78 is 5.47. The second-order valence-corrected chi connectivity index (χ2v) is 4.88. The maximum atomic E-state index is 11.2. The Morgan fingerprint density at radius 3 is 3.00 bits per heavy atom. The van der Waals surface area contributed by atoms with E-state index < -0.39 is 5.97 Å². The molecule has 2 atom stereocenters. The summed E-state index contributed by atoms with van der Waals surface area (Å²) in [7, 11) is 0. The molecule has 18 heavy (non-hydrogen) atoms. The Kier molecular flexibility index (Phi) is 4.09. The Labute approximate surface area is 111 Å². The molecule has 1 saturated heterocycles. The summed E-state index contributed by atoms with van der Waals surface area (Å²) in [6, 6.07) is 5.05. The number of benzene rings is 1. The van der Waals surface area contributed by atoms with Crippen LogP contribution >= 0.6 is 11.6 Å². The van der Waals surface area contributed by atoms with Gasteiger partial charge in [0.05, 0.1) is 16.8 Å². The van der Waals surface area contributed by atoms with Crippen molar-refractivity contribution in [2.45, 2.75) is 19.4 Å². The zero-order valence-electron chi connectivity index (χ0n) is 10.1. The van der Waals surface area contributed by atoms with Crippen LogP contribution in [0.1, 0.15) is 23.7 Å². The fourth-order valence-corrected chi connectivity index (χ4v) is 2.43. The topological polar surface area (TPSA) is 58.6 Å². The van der Waals surface area contributed by atoms with Gasteiger partial charge in [-0.15, -0.1) is 0 Å². The fraction of sp³-hybridized carbons (Fsp3) is 0.462. The monoisotopic (exact) mass is 269 g/mol. The van der Waals surface area contributed by atoms with Crippen LogP contribution in [-0.2, 0) is 4.74 Å². The number of halogens is 1. The molecule has 4 nitrogen and oxygen atoms in total. The third-order valence-corrected chi connectivity index (χ3v) is 3.63. The standard InChI is InChI=1S/C13H16ClNO3/c1-8-9(5-6-18-8)7-15-11-4-2-3-10(14)12(11)13(16)17/h2-4,8-9,15H,5-7H2,1H3,(H,16,17). The van der Waals surface area contributed by atoms with Crippen LogP contribution in [-0.4, -0.2) is 30.3 Å². The lowest BCUT2D eigenvalue weighted by molar-refractivity contribution is 0.0698. The van der Waals surface area contributed by atoms with E-state index in [0.717, 1.165) is 13.0 Å². The lowest BCUT2D eigenvalue weighted by atomic mass is 10.0. The second kappa shape index (κ2) is 5.59. The molecule has 1 fully saturated rings. The molecule has 0 saturated carbocycles. The van der Waals surface area contributed by atoms with Crippen LogP contribution in [0.15, 0.2) is 18.2 Å². The molecule has 2 rings (SSSR count). The van der Waals surface area contributed by atoms with Gasteiger partial charge < -0.3 is 15.2 Å². The first-order valence-electron chi connectivity index (χ1n) is 5.97. The molecule has 0 amide bonds. The first kappa shape index (κ1) is 13.2. The van der Waals surface area contributed by atoms with Crippen molar-refractivity contribution in [3.63, 3.8) is 0 Å². The number of rotatable bonds is 4. The zero-order valence-corrected chi connectivity index (χ0v) is 10.9. The molecular weight excluding hydrogens is 254 g/mol. The van der Waals surface area contributed by atoms with E-state index in [9.17, 15) is 4.79 Å². The third-order valence-electron chi connectivity index (χ3n) is 3.32. The van der Waals surface area contributed by atoms with Crippen molar-refractivity contribution in [1.82, 2.24) is 0 Å². The Bertz CT molecular complexity index is 450. The smallest absolute Gasteiger partial charge is 0.339 e. The Morgan fingerprint density at radius 2 is 2.39 bits per heavy atom. The lowest BCUT2D eigenvalue weighted by Crippen LogP contribution is -2.21. The zero-order chi connectivity index (χ0) is 13.1. The van der Waals surface area contributed by atoms with E-state index in [1.807, 2.05) is 6.92 Å². The summed E-state index contributed by atoms with van der Waals surface area (Å²) in [6.07, 6.45) is 1.21. The highest BCUT2D eigenvalue weighted by Crippen LogP contribution is 2.26. The van der Waals surface area contributed by atoms with E-state index in [1.54, 1.807) is 18.2 Å². The molecule has 1 aliphatic heterocycles. The minimum Gasteiger partial charge on any atom is -0.478 e. The van der Waals surface area contributed by atoms with E-state index in [2.05, 4.69) is 5.32 Å². The largest absolute Gasteiger partial charge is 0.478 e. The van der Waals surface area contributed by atoms with Gasteiger partial charge >= 0.3 is 5.97 Å². The molecule has 1 aromatic rings. The van der Waals surface area contributed by atoms with Crippen molar-refractivity contribution in [3.8, 4) is 0 Å². The fourth-order valence-electron chi connectivity index (χ4n) is 2.17. The van der Waals surface area contributed by atoms with Crippen LogP contribution in [0, 0.1) is 5.92 Å². The molecule has 0 spiro atoms. The van der Waals surface area contributed by atoms with Gasteiger partial charge in [0.15, 0.2) is 0 Å². The SMILES string of the molecule is CC1OCCC1CNc1cccc(Cl)c1C(=O)O. The van der Waals surface area contributed by atoms with Crippen LogP contribution in [0.25, 0.3) is 0 Å². The number of hydrogen-bond acceptors (Lipinski definition) is 3. The Hall–Kier alpha value is -1.26. The molecule has 0 aliphatic carbocycles. The predicted octanol–water partition coefficient (Wildman–Crippen LogP) is 2.88. The van der Waals surface area contributed by atoms with Gasteiger partial charge in [-0.1, -0.05) is 17.7 Å². The van der Waals surface area contributed by atoms with Gasteiger partial charge in [-0.2, -0.15) is 0 Å². The average Bonchev–Trinajstić information content (AvgIpc) is 2.71. The van der Waals surface area contributed by atoms with Crippen molar-refractivity contribution in [3.05, 3.63) is 28.8 Å². The third kappa shape index (κ3) is 2.76. The van der Waals surface area contributed by atoms with Crippen molar-refractivity contribution in [1.29, 1.82) is 0 Å². The first-order chi connectivity index (χ1) is 8.59. The van der Waals surface area contributed by atoms with E-state index in [0.29, 0.717) is 18.2 Å². The van der Waals surface area contributed by atoms with Crippen LogP contribution in [0.3, 0.4) is 0 Å². The molecular formula is C13H16ClNO3. The van der Waals surface area contributed by atoms with Crippen LogP contribution in [0.5, 0.6) is 0 Å². The van der Waals surface area contributed by atoms with Gasteiger partial charge in [-0.05, 0) is 25.5 Å². The summed E-state index contributed by atoms with van der Waals surface area (Å²) in [6.45, 7) is 3.51. The minimum absolute atomic E-state index is 0.130. The first-order valence-corrected chi connectivity index (χ1v) is 6.34. The molecule has 0 bridgehead atoms.